The second-order valence-electron chi connectivity index (χ2n) is 5.56. The summed E-state index contributed by atoms with van der Waals surface area (Å²) < 4.78 is 0. The van der Waals surface area contributed by atoms with Gasteiger partial charge in [-0.25, -0.2) is 0 Å². The Morgan fingerprint density at radius 1 is 1.33 bits per heavy atom. The standard InChI is InChI=1S/C13H22N2/c1-10-5-6-12(15-9-10)7-11(14)8-13(2,3)4/h5-6,9,11H,7-8,14H2,1-4H3. The first-order chi connectivity index (χ1) is 6.87. The molecule has 0 saturated carbocycles. The lowest BCUT2D eigenvalue weighted by Crippen LogP contribution is -2.28. The Morgan fingerprint density at radius 3 is 2.47 bits per heavy atom. The number of hydrogen-bond acceptors (Lipinski definition) is 2. The van der Waals surface area contributed by atoms with Gasteiger partial charge in [-0.15, -0.1) is 0 Å². The summed E-state index contributed by atoms with van der Waals surface area (Å²) in [5, 5.41) is 0. The van der Waals surface area contributed by atoms with Crippen LogP contribution in [0.15, 0.2) is 18.3 Å². The zero-order valence-corrected chi connectivity index (χ0v) is 10.2. The van der Waals surface area contributed by atoms with Crippen LogP contribution in [0, 0.1) is 12.3 Å². The van der Waals surface area contributed by atoms with Crippen molar-refractivity contribution in [1.29, 1.82) is 0 Å². The molecular weight excluding hydrogens is 184 g/mol. The van der Waals surface area contributed by atoms with Gasteiger partial charge in [0.05, 0.1) is 0 Å². The molecule has 0 fully saturated rings. The molecule has 1 heterocycles. The summed E-state index contributed by atoms with van der Waals surface area (Å²) in [6.07, 6.45) is 3.80. The topological polar surface area (TPSA) is 38.9 Å². The summed E-state index contributed by atoms with van der Waals surface area (Å²) in [7, 11) is 0. The van der Waals surface area contributed by atoms with E-state index in [2.05, 4.69) is 37.9 Å². The molecule has 0 aliphatic carbocycles. The Hall–Kier alpha value is -0.890. The lowest BCUT2D eigenvalue weighted by Gasteiger charge is -2.22. The maximum Gasteiger partial charge on any atom is 0.0419 e. The van der Waals surface area contributed by atoms with Gasteiger partial charge < -0.3 is 5.73 Å². The first-order valence-electron chi connectivity index (χ1n) is 5.54. The summed E-state index contributed by atoms with van der Waals surface area (Å²) in [4.78, 5) is 4.37. The van der Waals surface area contributed by atoms with Crippen molar-refractivity contribution in [2.24, 2.45) is 11.1 Å². The highest BCUT2D eigenvalue weighted by Gasteiger charge is 2.16. The number of nitrogens with two attached hydrogens (primary N) is 1. The highest BCUT2D eigenvalue weighted by Crippen LogP contribution is 2.21. The van der Waals surface area contributed by atoms with E-state index in [1.807, 2.05) is 13.1 Å². The Morgan fingerprint density at radius 2 is 2.00 bits per heavy atom. The lowest BCUT2D eigenvalue weighted by molar-refractivity contribution is 0.337. The van der Waals surface area contributed by atoms with Gasteiger partial charge in [-0.05, 0) is 30.4 Å². The molecule has 0 spiro atoms. The molecule has 84 valence electrons. The minimum Gasteiger partial charge on any atom is -0.327 e. The average molecular weight is 206 g/mol. The predicted octanol–water partition coefficient (Wildman–Crippen LogP) is 2.70. The largest absolute Gasteiger partial charge is 0.327 e. The fraction of sp³-hybridized carbons (Fsp3) is 0.615. The summed E-state index contributed by atoms with van der Waals surface area (Å²) in [6.45, 7) is 8.70. The maximum absolute atomic E-state index is 6.09. The van der Waals surface area contributed by atoms with Crippen LogP contribution in [0.25, 0.3) is 0 Å². The summed E-state index contributed by atoms with van der Waals surface area (Å²) >= 11 is 0. The molecule has 1 aromatic rings. The number of hydrogen-bond donors (Lipinski definition) is 1. The van der Waals surface area contributed by atoms with E-state index < -0.39 is 0 Å². The zero-order valence-electron chi connectivity index (χ0n) is 10.2. The second kappa shape index (κ2) is 4.75. The van der Waals surface area contributed by atoms with E-state index >= 15 is 0 Å². The van der Waals surface area contributed by atoms with Gasteiger partial charge in [-0.2, -0.15) is 0 Å². The number of rotatable bonds is 3. The Bertz CT molecular complexity index is 295. The summed E-state index contributed by atoms with van der Waals surface area (Å²) in [5.74, 6) is 0. The van der Waals surface area contributed by atoms with Crippen LogP contribution in [0.1, 0.15) is 38.4 Å². The quantitative estimate of drug-likeness (QED) is 0.826. The van der Waals surface area contributed by atoms with Crippen molar-refractivity contribution in [3.8, 4) is 0 Å². The van der Waals surface area contributed by atoms with Crippen molar-refractivity contribution in [2.75, 3.05) is 0 Å². The molecule has 1 rings (SSSR count). The van der Waals surface area contributed by atoms with Gasteiger partial charge in [0.25, 0.3) is 0 Å². The fourth-order valence-corrected chi connectivity index (χ4v) is 1.75. The fourth-order valence-electron chi connectivity index (χ4n) is 1.75. The summed E-state index contributed by atoms with van der Waals surface area (Å²) in [6, 6.07) is 4.37. The molecular formula is C13H22N2. The third-order valence-electron chi connectivity index (χ3n) is 2.32. The smallest absolute Gasteiger partial charge is 0.0419 e. The lowest BCUT2D eigenvalue weighted by atomic mass is 9.87. The number of pyridine rings is 1. The van der Waals surface area contributed by atoms with Crippen molar-refractivity contribution in [3.63, 3.8) is 0 Å². The summed E-state index contributed by atoms with van der Waals surface area (Å²) in [5.41, 5.74) is 8.68. The van der Waals surface area contributed by atoms with E-state index in [-0.39, 0.29) is 6.04 Å². The van der Waals surface area contributed by atoms with E-state index in [9.17, 15) is 0 Å². The van der Waals surface area contributed by atoms with Crippen LogP contribution in [0.4, 0.5) is 0 Å². The molecule has 0 saturated heterocycles. The van der Waals surface area contributed by atoms with E-state index in [1.165, 1.54) is 5.56 Å². The number of aryl methyl sites for hydroxylation is 1. The zero-order chi connectivity index (χ0) is 11.5. The molecule has 0 aliphatic heterocycles. The van der Waals surface area contributed by atoms with Crippen LogP contribution in [-0.2, 0) is 6.42 Å². The molecule has 0 amide bonds. The van der Waals surface area contributed by atoms with Crippen LogP contribution < -0.4 is 5.73 Å². The SMILES string of the molecule is Cc1ccc(CC(N)CC(C)(C)C)nc1. The van der Waals surface area contributed by atoms with Gasteiger partial charge in [0.15, 0.2) is 0 Å². The van der Waals surface area contributed by atoms with Crippen LogP contribution in [0.5, 0.6) is 0 Å². The normalized spacial score (nSPS) is 13.9. The third-order valence-corrected chi connectivity index (χ3v) is 2.32. The van der Waals surface area contributed by atoms with E-state index in [0.29, 0.717) is 5.41 Å². The first-order valence-corrected chi connectivity index (χ1v) is 5.54. The molecule has 15 heavy (non-hydrogen) atoms. The van der Waals surface area contributed by atoms with Crippen LogP contribution in [0.3, 0.4) is 0 Å². The molecule has 0 radical (unpaired) electrons. The maximum atomic E-state index is 6.09. The van der Waals surface area contributed by atoms with Crippen molar-refractivity contribution in [3.05, 3.63) is 29.6 Å². The molecule has 1 atom stereocenters. The van der Waals surface area contributed by atoms with Crippen molar-refractivity contribution >= 4 is 0 Å². The first kappa shape index (κ1) is 12.2. The van der Waals surface area contributed by atoms with Crippen molar-refractivity contribution < 1.29 is 0 Å². The van der Waals surface area contributed by atoms with Gasteiger partial charge in [-0.3, -0.25) is 4.98 Å². The van der Waals surface area contributed by atoms with Crippen LogP contribution in [0.2, 0.25) is 0 Å². The molecule has 0 bridgehead atoms. The number of aromatic nitrogens is 1. The van der Waals surface area contributed by atoms with Gasteiger partial charge in [0.2, 0.25) is 0 Å². The van der Waals surface area contributed by atoms with Gasteiger partial charge in [0, 0.05) is 24.4 Å². The van der Waals surface area contributed by atoms with Crippen molar-refractivity contribution in [2.45, 2.75) is 46.6 Å². The molecule has 2 nitrogen and oxygen atoms in total. The van der Waals surface area contributed by atoms with Crippen LogP contribution >= 0.6 is 0 Å². The van der Waals surface area contributed by atoms with Gasteiger partial charge in [-0.1, -0.05) is 26.8 Å². The third kappa shape index (κ3) is 4.93. The van der Waals surface area contributed by atoms with Gasteiger partial charge in [0.1, 0.15) is 0 Å². The van der Waals surface area contributed by atoms with E-state index in [1.54, 1.807) is 0 Å². The molecule has 1 unspecified atom stereocenters. The highest BCUT2D eigenvalue weighted by molar-refractivity contribution is 5.13. The monoisotopic (exact) mass is 206 g/mol. The minimum absolute atomic E-state index is 0.209. The molecule has 2 N–H and O–H groups in total. The van der Waals surface area contributed by atoms with Crippen molar-refractivity contribution in [1.82, 2.24) is 4.98 Å². The predicted molar refractivity (Wildman–Crippen MR) is 64.7 cm³/mol. The highest BCUT2D eigenvalue weighted by atomic mass is 14.7. The Labute approximate surface area is 92.9 Å². The van der Waals surface area contributed by atoms with E-state index in [0.717, 1.165) is 18.5 Å². The molecule has 0 aliphatic rings. The molecule has 0 aromatic carbocycles. The van der Waals surface area contributed by atoms with Crippen LogP contribution in [-0.4, -0.2) is 11.0 Å². The van der Waals surface area contributed by atoms with E-state index in [4.69, 9.17) is 5.73 Å². The second-order valence-corrected chi connectivity index (χ2v) is 5.56. The average Bonchev–Trinajstić information content (AvgIpc) is 2.05. The molecule has 2 heteroatoms. The van der Waals surface area contributed by atoms with Gasteiger partial charge >= 0.3 is 0 Å². The Balaban J connectivity index is 2.51. The Kier molecular flexibility index (Phi) is 3.86. The minimum atomic E-state index is 0.209. The molecule has 1 aromatic heterocycles. The number of nitrogens with zero attached hydrogens (tertiary/aromatic N) is 1.